The molecule has 1 heterocycles. The molecule has 0 aliphatic carbocycles. The molecule has 0 amide bonds. The third-order valence-corrected chi connectivity index (χ3v) is 3.12. The van der Waals surface area contributed by atoms with E-state index in [1.165, 1.54) is 13.4 Å². The Morgan fingerprint density at radius 1 is 1.21 bits per heavy atom. The molecule has 0 aliphatic rings. The predicted octanol–water partition coefficient (Wildman–Crippen LogP) is 2.53. The molecule has 0 aliphatic heterocycles. The quantitative estimate of drug-likeness (QED) is 0.789. The van der Waals surface area contributed by atoms with Crippen LogP contribution in [0.1, 0.15) is 27.2 Å². The monoisotopic (exact) mass is 256 g/mol. The molecule has 0 saturated carbocycles. The highest BCUT2D eigenvalue weighted by molar-refractivity contribution is 5.96. The Morgan fingerprint density at radius 3 is 2.53 bits per heavy atom. The smallest absolute Gasteiger partial charge is 0.216 e. The van der Waals surface area contributed by atoms with Crippen LogP contribution in [0.5, 0.6) is 5.88 Å². The maximum Gasteiger partial charge on any atom is 0.216 e. The van der Waals surface area contributed by atoms with E-state index >= 15 is 0 Å². The van der Waals surface area contributed by atoms with Crippen molar-refractivity contribution >= 4 is 5.78 Å². The van der Waals surface area contributed by atoms with E-state index < -0.39 is 0 Å². The van der Waals surface area contributed by atoms with Gasteiger partial charge in [0.25, 0.3) is 0 Å². The minimum Gasteiger partial charge on any atom is -0.481 e. The molecule has 19 heavy (non-hydrogen) atoms. The molecule has 1 aromatic heterocycles. The van der Waals surface area contributed by atoms with Crippen molar-refractivity contribution in [3.8, 4) is 5.88 Å². The fraction of sp³-hybridized carbons (Fsp3) is 0.267. The molecule has 0 N–H and O–H groups in total. The lowest BCUT2D eigenvalue weighted by Crippen LogP contribution is -2.09. The Morgan fingerprint density at radius 2 is 1.89 bits per heavy atom. The number of carbonyl (C=O) groups is 1. The molecular formula is C15H16N2O2. The van der Waals surface area contributed by atoms with Crippen molar-refractivity contribution in [1.82, 2.24) is 9.97 Å². The highest BCUT2D eigenvalue weighted by Gasteiger charge is 2.13. The average molecular weight is 256 g/mol. The van der Waals surface area contributed by atoms with Crippen LogP contribution in [0.15, 0.2) is 30.6 Å². The van der Waals surface area contributed by atoms with Crippen molar-refractivity contribution < 1.29 is 9.53 Å². The number of aryl methyl sites for hydroxylation is 2. The average Bonchev–Trinajstić information content (AvgIpc) is 2.43. The van der Waals surface area contributed by atoms with Crippen molar-refractivity contribution in [3.05, 3.63) is 53.0 Å². The minimum absolute atomic E-state index is 0.0295. The number of Topliss-reactive ketones (excluding diaryl/α,β-unsaturated/α-hetero) is 1. The van der Waals surface area contributed by atoms with Crippen LogP contribution in [-0.4, -0.2) is 22.9 Å². The summed E-state index contributed by atoms with van der Waals surface area (Å²) in [6.07, 6.45) is 1.69. The molecule has 0 fully saturated rings. The van der Waals surface area contributed by atoms with Crippen molar-refractivity contribution in [2.75, 3.05) is 7.11 Å². The van der Waals surface area contributed by atoms with Gasteiger partial charge in [-0.05, 0) is 30.5 Å². The number of ketones is 1. The van der Waals surface area contributed by atoms with Crippen molar-refractivity contribution in [2.24, 2.45) is 0 Å². The van der Waals surface area contributed by atoms with Crippen molar-refractivity contribution in [3.63, 3.8) is 0 Å². The van der Waals surface area contributed by atoms with Crippen LogP contribution in [0, 0.1) is 13.8 Å². The van der Waals surface area contributed by atoms with Gasteiger partial charge >= 0.3 is 0 Å². The lowest BCUT2D eigenvalue weighted by atomic mass is 9.97. The van der Waals surface area contributed by atoms with Gasteiger partial charge in [0.2, 0.25) is 5.88 Å². The van der Waals surface area contributed by atoms with Crippen LogP contribution in [0.2, 0.25) is 0 Å². The summed E-state index contributed by atoms with van der Waals surface area (Å²) < 4.78 is 5.00. The number of carbonyl (C=O) groups excluding carboxylic acids is 1. The summed E-state index contributed by atoms with van der Waals surface area (Å²) in [4.78, 5) is 20.1. The first-order valence-electron chi connectivity index (χ1n) is 6.06. The van der Waals surface area contributed by atoms with Crippen LogP contribution in [0.3, 0.4) is 0 Å². The molecule has 0 radical (unpaired) electrons. The van der Waals surface area contributed by atoms with Gasteiger partial charge in [0.05, 0.1) is 7.11 Å². The molecule has 98 valence electrons. The van der Waals surface area contributed by atoms with E-state index in [2.05, 4.69) is 9.97 Å². The second-order valence-electron chi connectivity index (χ2n) is 4.42. The van der Waals surface area contributed by atoms with Crippen LogP contribution >= 0.6 is 0 Å². The van der Waals surface area contributed by atoms with E-state index in [9.17, 15) is 4.79 Å². The van der Waals surface area contributed by atoms with Gasteiger partial charge in [-0.2, -0.15) is 0 Å². The Bertz CT molecular complexity index is 589. The maximum atomic E-state index is 12.2. The van der Waals surface area contributed by atoms with E-state index in [-0.39, 0.29) is 5.78 Å². The third-order valence-electron chi connectivity index (χ3n) is 3.12. The summed E-state index contributed by atoms with van der Waals surface area (Å²) in [5.74, 6) is 0.373. The van der Waals surface area contributed by atoms with Crippen LogP contribution in [-0.2, 0) is 6.42 Å². The zero-order valence-electron chi connectivity index (χ0n) is 11.3. The summed E-state index contributed by atoms with van der Waals surface area (Å²) >= 11 is 0. The van der Waals surface area contributed by atoms with Gasteiger partial charge in [-0.1, -0.05) is 18.2 Å². The molecule has 2 rings (SSSR count). The Kier molecular flexibility index (Phi) is 3.90. The highest BCUT2D eigenvalue weighted by Crippen LogP contribution is 2.16. The molecule has 1 aromatic carbocycles. The highest BCUT2D eigenvalue weighted by atomic mass is 16.5. The second kappa shape index (κ2) is 5.61. The normalized spacial score (nSPS) is 10.3. The fourth-order valence-corrected chi connectivity index (χ4v) is 1.98. The van der Waals surface area contributed by atoms with Crippen molar-refractivity contribution in [1.29, 1.82) is 0 Å². The Balaban J connectivity index is 2.25. The topological polar surface area (TPSA) is 52.1 Å². The Hall–Kier alpha value is -2.23. The molecule has 4 nitrogen and oxygen atoms in total. The molecular weight excluding hydrogens is 240 g/mol. The van der Waals surface area contributed by atoms with Gasteiger partial charge < -0.3 is 4.74 Å². The number of hydrogen-bond donors (Lipinski definition) is 0. The molecule has 4 heteroatoms. The summed E-state index contributed by atoms with van der Waals surface area (Å²) in [5.41, 5.74) is 3.68. The van der Waals surface area contributed by atoms with Crippen LogP contribution in [0.4, 0.5) is 0 Å². The lowest BCUT2D eigenvalue weighted by Gasteiger charge is -2.08. The number of aromatic nitrogens is 2. The first-order valence-corrected chi connectivity index (χ1v) is 6.06. The van der Waals surface area contributed by atoms with Gasteiger partial charge in [-0.15, -0.1) is 0 Å². The lowest BCUT2D eigenvalue weighted by molar-refractivity contribution is 0.0987. The molecule has 0 unspecified atom stereocenters. The number of rotatable bonds is 4. The van der Waals surface area contributed by atoms with Gasteiger partial charge in [0.15, 0.2) is 5.78 Å². The van der Waals surface area contributed by atoms with E-state index in [1.807, 2.05) is 32.0 Å². The number of methoxy groups -OCH3 is 1. The molecule has 0 spiro atoms. The SMILES string of the molecule is COc1cc(C(=O)Cc2c(C)cccc2C)ncn1. The van der Waals surface area contributed by atoms with E-state index in [4.69, 9.17) is 4.74 Å². The second-order valence-corrected chi connectivity index (χ2v) is 4.42. The fourth-order valence-electron chi connectivity index (χ4n) is 1.98. The van der Waals surface area contributed by atoms with Crippen LogP contribution in [0.25, 0.3) is 0 Å². The molecule has 0 saturated heterocycles. The van der Waals surface area contributed by atoms with E-state index in [0.717, 1.165) is 16.7 Å². The standard InChI is InChI=1S/C15H16N2O2/c1-10-5-4-6-11(2)12(10)7-14(18)13-8-15(19-3)17-9-16-13/h4-6,8-9H,7H2,1-3H3. The predicted molar refractivity (Wildman–Crippen MR) is 72.5 cm³/mol. The number of ether oxygens (including phenoxy) is 1. The summed E-state index contributed by atoms with van der Waals surface area (Å²) in [5, 5.41) is 0. The first kappa shape index (κ1) is 13.2. The number of hydrogen-bond acceptors (Lipinski definition) is 4. The largest absolute Gasteiger partial charge is 0.481 e. The molecule has 0 bridgehead atoms. The van der Waals surface area contributed by atoms with Gasteiger partial charge in [0, 0.05) is 12.5 Å². The number of benzene rings is 1. The molecule has 2 aromatic rings. The summed E-state index contributed by atoms with van der Waals surface area (Å²) in [6.45, 7) is 4.02. The zero-order valence-corrected chi connectivity index (χ0v) is 11.3. The van der Waals surface area contributed by atoms with Gasteiger partial charge in [-0.25, -0.2) is 9.97 Å². The van der Waals surface area contributed by atoms with Crippen LogP contribution < -0.4 is 4.74 Å². The first-order chi connectivity index (χ1) is 9.11. The zero-order chi connectivity index (χ0) is 13.8. The van der Waals surface area contributed by atoms with Gasteiger partial charge in [-0.3, -0.25) is 4.79 Å². The summed E-state index contributed by atoms with van der Waals surface area (Å²) in [6, 6.07) is 7.58. The van der Waals surface area contributed by atoms with E-state index in [0.29, 0.717) is 18.0 Å². The Labute approximate surface area is 112 Å². The molecule has 0 atom stereocenters. The van der Waals surface area contributed by atoms with Crippen molar-refractivity contribution in [2.45, 2.75) is 20.3 Å². The maximum absolute atomic E-state index is 12.2. The minimum atomic E-state index is -0.0295. The van der Waals surface area contributed by atoms with E-state index in [1.54, 1.807) is 6.07 Å². The number of nitrogens with zero attached hydrogens (tertiary/aromatic N) is 2. The third kappa shape index (κ3) is 2.96. The van der Waals surface area contributed by atoms with Gasteiger partial charge in [0.1, 0.15) is 12.0 Å². The summed E-state index contributed by atoms with van der Waals surface area (Å²) in [7, 11) is 1.52.